The van der Waals surface area contributed by atoms with Crippen molar-refractivity contribution in [1.82, 2.24) is 16.4 Å². The molecule has 3 rings (SSSR count). The van der Waals surface area contributed by atoms with Crippen LogP contribution in [0.2, 0.25) is 0 Å². The molecule has 4 N–H and O–H groups in total. The average Bonchev–Trinajstić information content (AvgIpc) is 2.87. The van der Waals surface area contributed by atoms with Gasteiger partial charge in [-0.25, -0.2) is 10.9 Å². The van der Waals surface area contributed by atoms with Crippen LogP contribution in [0.15, 0.2) is 18.2 Å². The maximum Gasteiger partial charge on any atom is 0.324 e. The molecule has 0 aromatic heterocycles. The molecule has 1 aromatic carbocycles. The van der Waals surface area contributed by atoms with Gasteiger partial charge in [0.2, 0.25) is 0 Å². The van der Waals surface area contributed by atoms with E-state index in [4.69, 9.17) is 14.6 Å². The first-order valence-electron chi connectivity index (χ1n) is 5.64. The molecule has 0 bridgehead atoms. The van der Waals surface area contributed by atoms with Crippen molar-refractivity contribution in [2.75, 3.05) is 13.2 Å². The van der Waals surface area contributed by atoms with Crippen molar-refractivity contribution in [3.05, 3.63) is 23.8 Å². The number of hydrazine groups is 2. The lowest BCUT2D eigenvalue weighted by molar-refractivity contribution is -0.139. The van der Waals surface area contributed by atoms with E-state index in [9.17, 15) is 4.79 Å². The predicted molar refractivity (Wildman–Crippen MR) is 61.0 cm³/mol. The first kappa shape index (κ1) is 11.3. The fraction of sp³-hybridized carbons (Fsp3) is 0.364. The largest absolute Gasteiger partial charge is 0.486 e. The van der Waals surface area contributed by atoms with Crippen molar-refractivity contribution in [3.63, 3.8) is 0 Å². The van der Waals surface area contributed by atoms with Crippen molar-refractivity contribution in [2.45, 2.75) is 12.1 Å². The lowest BCUT2D eigenvalue weighted by Crippen LogP contribution is -2.38. The highest BCUT2D eigenvalue weighted by molar-refractivity contribution is 5.75. The van der Waals surface area contributed by atoms with Crippen LogP contribution in [0.3, 0.4) is 0 Å². The van der Waals surface area contributed by atoms with Crippen molar-refractivity contribution < 1.29 is 19.4 Å². The average molecular weight is 251 g/mol. The molecule has 2 atom stereocenters. The van der Waals surface area contributed by atoms with Gasteiger partial charge in [0, 0.05) is 0 Å². The Morgan fingerprint density at radius 3 is 2.78 bits per heavy atom. The highest BCUT2D eigenvalue weighted by Gasteiger charge is 2.34. The summed E-state index contributed by atoms with van der Waals surface area (Å²) >= 11 is 0. The lowest BCUT2D eigenvalue weighted by Gasteiger charge is -2.21. The molecule has 0 spiro atoms. The molecule has 2 unspecified atom stereocenters. The Morgan fingerprint density at radius 1 is 1.22 bits per heavy atom. The van der Waals surface area contributed by atoms with Crippen LogP contribution in [0.5, 0.6) is 11.5 Å². The molecule has 7 heteroatoms. The number of hydrogen-bond donors (Lipinski definition) is 4. The summed E-state index contributed by atoms with van der Waals surface area (Å²) in [5, 5.41) is 9.08. The number of rotatable bonds is 2. The molecule has 0 saturated carbocycles. The third-order valence-electron chi connectivity index (χ3n) is 2.98. The monoisotopic (exact) mass is 251 g/mol. The number of nitrogens with one attached hydrogen (secondary N) is 3. The molecule has 1 saturated heterocycles. The van der Waals surface area contributed by atoms with Gasteiger partial charge in [0.15, 0.2) is 11.5 Å². The highest BCUT2D eigenvalue weighted by atomic mass is 16.6. The second-order valence-electron chi connectivity index (χ2n) is 4.11. The number of carboxylic acids is 1. The number of hydrogen-bond acceptors (Lipinski definition) is 6. The van der Waals surface area contributed by atoms with E-state index in [2.05, 4.69) is 16.4 Å². The molecule has 0 radical (unpaired) electrons. The van der Waals surface area contributed by atoms with Crippen LogP contribution < -0.4 is 25.9 Å². The summed E-state index contributed by atoms with van der Waals surface area (Å²) in [7, 11) is 0. The Balaban J connectivity index is 1.90. The molecule has 2 aliphatic heterocycles. The zero-order valence-electron chi connectivity index (χ0n) is 9.47. The van der Waals surface area contributed by atoms with Crippen LogP contribution in [-0.2, 0) is 4.79 Å². The van der Waals surface area contributed by atoms with Gasteiger partial charge in [-0.05, 0) is 17.7 Å². The standard InChI is InChI=1S/C11H13N3O4/c15-11(16)10-9(12-14-13-10)6-1-2-7-8(5-6)18-4-3-17-7/h1-2,5,9-10,12-14H,3-4H2,(H,15,16). The van der Waals surface area contributed by atoms with Gasteiger partial charge in [-0.1, -0.05) is 6.07 Å². The molecular weight excluding hydrogens is 238 g/mol. The highest BCUT2D eigenvalue weighted by Crippen LogP contribution is 2.33. The summed E-state index contributed by atoms with van der Waals surface area (Å²) in [5.74, 6) is 0.416. The van der Waals surface area contributed by atoms with Gasteiger partial charge in [0.05, 0.1) is 6.04 Å². The second-order valence-corrected chi connectivity index (χ2v) is 4.11. The first-order valence-corrected chi connectivity index (χ1v) is 5.64. The van der Waals surface area contributed by atoms with Gasteiger partial charge < -0.3 is 14.6 Å². The molecule has 1 aromatic rings. The molecule has 96 valence electrons. The van der Waals surface area contributed by atoms with Crippen LogP contribution in [-0.4, -0.2) is 30.3 Å². The Bertz CT molecular complexity index is 479. The normalized spacial score (nSPS) is 26.0. The predicted octanol–water partition coefficient (Wildman–Crippen LogP) is -0.436. The van der Waals surface area contributed by atoms with Gasteiger partial charge in [0.1, 0.15) is 19.3 Å². The SMILES string of the molecule is O=C(O)C1NNNC1c1ccc2c(c1)OCCO2. The van der Waals surface area contributed by atoms with Crippen molar-refractivity contribution in [2.24, 2.45) is 0 Å². The summed E-state index contributed by atoms with van der Waals surface area (Å²) in [6.45, 7) is 1.04. The van der Waals surface area contributed by atoms with Gasteiger partial charge in [-0.15, -0.1) is 0 Å². The maximum atomic E-state index is 11.1. The summed E-state index contributed by atoms with van der Waals surface area (Å²) in [5.41, 5.74) is 8.98. The van der Waals surface area contributed by atoms with Crippen molar-refractivity contribution >= 4 is 5.97 Å². The lowest BCUT2D eigenvalue weighted by atomic mass is 10.0. The zero-order valence-corrected chi connectivity index (χ0v) is 9.47. The number of carbonyl (C=O) groups is 1. The maximum absolute atomic E-state index is 11.1. The van der Waals surface area contributed by atoms with Crippen LogP contribution in [0, 0.1) is 0 Å². The van der Waals surface area contributed by atoms with Gasteiger partial charge in [0.25, 0.3) is 0 Å². The van der Waals surface area contributed by atoms with E-state index < -0.39 is 12.0 Å². The van der Waals surface area contributed by atoms with Crippen LogP contribution in [0.25, 0.3) is 0 Å². The Hall–Kier alpha value is -1.83. The fourth-order valence-electron chi connectivity index (χ4n) is 2.10. The van der Waals surface area contributed by atoms with E-state index in [0.717, 1.165) is 5.56 Å². The molecule has 18 heavy (non-hydrogen) atoms. The summed E-state index contributed by atoms with van der Waals surface area (Å²) in [4.78, 5) is 11.1. The number of benzene rings is 1. The Kier molecular flexibility index (Phi) is 2.78. The molecular formula is C11H13N3O4. The smallest absolute Gasteiger partial charge is 0.324 e. The van der Waals surface area contributed by atoms with E-state index >= 15 is 0 Å². The fourth-order valence-corrected chi connectivity index (χ4v) is 2.10. The third-order valence-corrected chi connectivity index (χ3v) is 2.98. The van der Waals surface area contributed by atoms with E-state index in [1.807, 2.05) is 6.07 Å². The molecule has 2 aliphatic rings. The third kappa shape index (κ3) is 1.88. The zero-order chi connectivity index (χ0) is 12.5. The number of fused-ring (bicyclic) bond motifs is 1. The molecule has 0 aliphatic carbocycles. The minimum Gasteiger partial charge on any atom is -0.486 e. The Morgan fingerprint density at radius 2 is 2.00 bits per heavy atom. The Labute approximate surface area is 103 Å². The molecule has 7 nitrogen and oxygen atoms in total. The van der Waals surface area contributed by atoms with Crippen LogP contribution in [0.4, 0.5) is 0 Å². The molecule has 0 amide bonds. The number of ether oxygens (including phenoxy) is 2. The number of aliphatic carboxylic acids is 1. The molecule has 2 heterocycles. The minimum absolute atomic E-state index is 0.363. The summed E-state index contributed by atoms with van der Waals surface area (Å²) in [6.07, 6.45) is 0. The van der Waals surface area contributed by atoms with Crippen molar-refractivity contribution in [3.8, 4) is 11.5 Å². The topological polar surface area (TPSA) is 91.9 Å². The van der Waals surface area contributed by atoms with Gasteiger partial charge in [-0.2, -0.15) is 5.53 Å². The van der Waals surface area contributed by atoms with Gasteiger partial charge in [-0.3, -0.25) is 4.79 Å². The van der Waals surface area contributed by atoms with Crippen molar-refractivity contribution in [1.29, 1.82) is 0 Å². The summed E-state index contributed by atoms with van der Waals surface area (Å²) in [6, 6.07) is 4.33. The van der Waals surface area contributed by atoms with E-state index in [1.165, 1.54) is 0 Å². The summed E-state index contributed by atoms with van der Waals surface area (Å²) < 4.78 is 10.9. The quantitative estimate of drug-likeness (QED) is 0.566. The van der Waals surface area contributed by atoms with E-state index in [1.54, 1.807) is 12.1 Å². The molecule has 1 fully saturated rings. The van der Waals surface area contributed by atoms with Crippen LogP contribution >= 0.6 is 0 Å². The van der Waals surface area contributed by atoms with Crippen LogP contribution in [0.1, 0.15) is 11.6 Å². The minimum atomic E-state index is -0.924. The van der Waals surface area contributed by atoms with E-state index in [-0.39, 0.29) is 6.04 Å². The second kappa shape index (κ2) is 4.45. The van der Waals surface area contributed by atoms with Gasteiger partial charge >= 0.3 is 5.97 Å². The first-order chi connectivity index (χ1) is 8.75. The number of carboxylic acid groups (broad SMARTS) is 1. The van der Waals surface area contributed by atoms with E-state index in [0.29, 0.717) is 24.7 Å².